The van der Waals surface area contributed by atoms with Crippen molar-refractivity contribution in [3.63, 3.8) is 0 Å². The zero-order chi connectivity index (χ0) is 15.2. The zero-order valence-corrected chi connectivity index (χ0v) is 12.2. The minimum Gasteiger partial charge on any atom is -0.451 e. The van der Waals surface area contributed by atoms with Crippen LogP contribution >= 0.6 is 23.2 Å². The highest BCUT2D eigenvalue weighted by atomic mass is 35.5. The van der Waals surface area contributed by atoms with Crippen molar-refractivity contribution in [1.82, 2.24) is 4.98 Å². The van der Waals surface area contributed by atoms with Crippen molar-refractivity contribution in [3.05, 3.63) is 58.3 Å². The molecular formula is C14H10Cl2N2O3. The molecule has 0 saturated heterocycles. The van der Waals surface area contributed by atoms with E-state index in [0.717, 1.165) is 0 Å². The molecule has 0 bridgehead atoms. The number of benzene rings is 1. The lowest BCUT2D eigenvalue weighted by atomic mass is 10.3. The van der Waals surface area contributed by atoms with Gasteiger partial charge >= 0.3 is 5.97 Å². The topological polar surface area (TPSA) is 68.3 Å². The van der Waals surface area contributed by atoms with Gasteiger partial charge in [-0.25, -0.2) is 9.78 Å². The molecule has 0 atom stereocenters. The molecule has 0 radical (unpaired) electrons. The number of anilines is 1. The van der Waals surface area contributed by atoms with Crippen LogP contribution in [0.3, 0.4) is 0 Å². The van der Waals surface area contributed by atoms with Crippen LogP contribution in [-0.2, 0) is 9.53 Å². The number of halogens is 2. The van der Waals surface area contributed by atoms with Crippen LogP contribution < -0.4 is 5.32 Å². The summed E-state index contributed by atoms with van der Waals surface area (Å²) in [7, 11) is 0. The van der Waals surface area contributed by atoms with Gasteiger partial charge in [-0.15, -0.1) is 0 Å². The van der Waals surface area contributed by atoms with Crippen molar-refractivity contribution in [2.24, 2.45) is 0 Å². The number of amides is 1. The maximum atomic E-state index is 11.8. The number of ether oxygens (including phenoxy) is 1. The monoisotopic (exact) mass is 324 g/mol. The molecule has 0 saturated carbocycles. The molecule has 108 valence electrons. The van der Waals surface area contributed by atoms with E-state index >= 15 is 0 Å². The molecule has 1 heterocycles. The summed E-state index contributed by atoms with van der Waals surface area (Å²) in [5, 5.41) is 2.79. The number of hydrogen-bond acceptors (Lipinski definition) is 4. The molecule has 0 aliphatic rings. The fourth-order valence-corrected chi connectivity index (χ4v) is 1.81. The third-order valence-electron chi connectivity index (χ3n) is 2.40. The highest BCUT2D eigenvalue weighted by Gasteiger charge is 2.16. The van der Waals surface area contributed by atoms with E-state index in [1.54, 1.807) is 24.3 Å². The number of para-hydroxylation sites is 1. The van der Waals surface area contributed by atoms with Gasteiger partial charge in [-0.05, 0) is 24.3 Å². The number of nitrogens with one attached hydrogen (secondary N) is 1. The number of carbonyl (C=O) groups excluding carboxylic acids is 2. The van der Waals surface area contributed by atoms with E-state index in [1.165, 1.54) is 12.1 Å². The van der Waals surface area contributed by atoms with Crippen molar-refractivity contribution < 1.29 is 14.3 Å². The summed E-state index contributed by atoms with van der Waals surface area (Å²) in [5.74, 6) is -1.28. The fourth-order valence-electron chi connectivity index (χ4n) is 1.48. The van der Waals surface area contributed by atoms with Crippen LogP contribution in [0.25, 0.3) is 0 Å². The Morgan fingerprint density at radius 3 is 2.52 bits per heavy atom. The summed E-state index contributed by atoms with van der Waals surface area (Å²) in [6, 6.07) is 11.7. The average molecular weight is 325 g/mol. The molecule has 2 aromatic rings. The minimum atomic E-state index is -0.814. The number of nitrogens with zero attached hydrogens (tertiary/aromatic N) is 1. The van der Waals surface area contributed by atoms with E-state index in [4.69, 9.17) is 27.9 Å². The number of carbonyl (C=O) groups is 2. The van der Waals surface area contributed by atoms with Gasteiger partial charge in [-0.1, -0.05) is 41.4 Å². The Hall–Kier alpha value is -2.11. The number of rotatable bonds is 4. The molecule has 0 spiro atoms. The van der Waals surface area contributed by atoms with Crippen molar-refractivity contribution in [2.75, 3.05) is 11.9 Å². The Bertz CT molecular complexity index is 663. The Kier molecular flexibility index (Phi) is 5.14. The van der Waals surface area contributed by atoms with Crippen molar-refractivity contribution in [3.8, 4) is 0 Å². The molecule has 0 fully saturated rings. The largest absolute Gasteiger partial charge is 0.451 e. The van der Waals surface area contributed by atoms with E-state index in [0.29, 0.717) is 5.69 Å². The highest BCUT2D eigenvalue weighted by molar-refractivity contribution is 6.34. The molecule has 1 aromatic heterocycles. The van der Waals surface area contributed by atoms with Crippen LogP contribution in [0, 0.1) is 0 Å². The second kappa shape index (κ2) is 7.06. The van der Waals surface area contributed by atoms with Gasteiger partial charge in [-0.2, -0.15) is 0 Å². The zero-order valence-electron chi connectivity index (χ0n) is 10.7. The number of hydrogen-bond donors (Lipinski definition) is 1. The van der Waals surface area contributed by atoms with E-state index in [2.05, 4.69) is 10.3 Å². The number of pyridine rings is 1. The predicted octanol–water partition coefficient (Wildman–Crippen LogP) is 3.18. The van der Waals surface area contributed by atoms with Gasteiger partial charge in [0.2, 0.25) is 0 Å². The van der Waals surface area contributed by atoms with Crippen LogP contribution in [0.15, 0.2) is 42.5 Å². The highest BCUT2D eigenvalue weighted by Crippen LogP contribution is 2.17. The van der Waals surface area contributed by atoms with E-state index in [1.807, 2.05) is 6.07 Å². The molecule has 0 unspecified atom stereocenters. The van der Waals surface area contributed by atoms with Gasteiger partial charge in [0, 0.05) is 5.69 Å². The second-order valence-corrected chi connectivity index (χ2v) is 4.75. The van der Waals surface area contributed by atoms with Gasteiger partial charge in [-0.3, -0.25) is 4.79 Å². The van der Waals surface area contributed by atoms with Gasteiger partial charge in [0.05, 0.1) is 5.02 Å². The molecule has 2 rings (SSSR count). The normalized spacial score (nSPS) is 10.0. The van der Waals surface area contributed by atoms with Crippen LogP contribution in [0.1, 0.15) is 10.5 Å². The lowest BCUT2D eigenvalue weighted by Crippen LogP contribution is -2.21. The first-order valence-electron chi connectivity index (χ1n) is 5.90. The Morgan fingerprint density at radius 2 is 1.81 bits per heavy atom. The maximum absolute atomic E-state index is 11.8. The van der Waals surface area contributed by atoms with E-state index in [9.17, 15) is 9.59 Å². The van der Waals surface area contributed by atoms with E-state index in [-0.39, 0.29) is 15.9 Å². The number of aromatic nitrogens is 1. The second-order valence-electron chi connectivity index (χ2n) is 3.95. The summed E-state index contributed by atoms with van der Waals surface area (Å²) in [6.07, 6.45) is 0. The Labute approximate surface area is 130 Å². The maximum Gasteiger partial charge on any atom is 0.359 e. The third kappa shape index (κ3) is 4.44. The van der Waals surface area contributed by atoms with Crippen molar-refractivity contribution >= 4 is 40.8 Å². The molecule has 0 aliphatic heterocycles. The first-order valence-corrected chi connectivity index (χ1v) is 6.66. The smallest absolute Gasteiger partial charge is 0.359 e. The van der Waals surface area contributed by atoms with Gasteiger partial charge in [0.1, 0.15) is 5.15 Å². The van der Waals surface area contributed by atoms with E-state index < -0.39 is 18.5 Å². The molecular weight excluding hydrogens is 315 g/mol. The summed E-state index contributed by atoms with van der Waals surface area (Å²) >= 11 is 11.5. The fraction of sp³-hybridized carbons (Fsp3) is 0.0714. The van der Waals surface area contributed by atoms with Crippen LogP contribution in [-0.4, -0.2) is 23.5 Å². The van der Waals surface area contributed by atoms with Crippen molar-refractivity contribution in [1.29, 1.82) is 0 Å². The first-order chi connectivity index (χ1) is 10.1. The van der Waals surface area contributed by atoms with Crippen molar-refractivity contribution in [2.45, 2.75) is 0 Å². The van der Waals surface area contributed by atoms with Crippen LogP contribution in [0.2, 0.25) is 10.2 Å². The van der Waals surface area contributed by atoms with Gasteiger partial charge < -0.3 is 10.1 Å². The first kappa shape index (κ1) is 15.3. The SMILES string of the molecule is O=C(COC(=O)c1nc(Cl)ccc1Cl)Nc1ccccc1. The summed E-state index contributed by atoms with van der Waals surface area (Å²) < 4.78 is 4.84. The Balaban J connectivity index is 1.92. The molecule has 5 nitrogen and oxygen atoms in total. The molecule has 0 aliphatic carbocycles. The van der Waals surface area contributed by atoms with Crippen LogP contribution in [0.4, 0.5) is 5.69 Å². The number of esters is 1. The molecule has 7 heteroatoms. The average Bonchev–Trinajstić information content (AvgIpc) is 2.48. The molecule has 1 amide bonds. The summed E-state index contributed by atoms with van der Waals surface area (Å²) in [4.78, 5) is 27.2. The lowest BCUT2D eigenvalue weighted by molar-refractivity contribution is -0.119. The van der Waals surface area contributed by atoms with Gasteiger partial charge in [0.25, 0.3) is 5.91 Å². The third-order valence-corrected chi connectivity index (χ3v) is 2.91. The molecule has 1 aromatic carbocycles. The van der Waals surface area contributed by atoms with Gasteiger partial charge in [0.15, 0.2) is 12.3 Å². The molecule has 1 N–H and O–H groups in total. The summed E-state index contributed by atoms with van der Waals surface area (Å²) in [5.41, 5.74) is 0.481. The lowest BCUT2D eigenvalue weighted by Gasteiger charge is -2.07. The standard InChI is InChI=1S/C14H10Cl2N2O3/c15-10-6-7-11(16)18-13(10)14(20)21-8-12(19)17-9-4-2-1-3-5-9/h1-7H,8H2,(H,17,19). The Morgan fingerprint density at radius 1 is 1.10 bits per heavy atom. The molecule has 21 heavy (non-hydrogen) atoms. The van der Waals surface area contributed by atoms with Crippen LogP contribution in [0.5, 0.6) is 0 Å². The summed E-state index contributed by atoms with van der Waals surface area (Å²) in [6.45, 7) is -0.446. The minimum absolute atomic E-state index is 0.105. The predicted molar refractivity (Wildman–Crippen MR) is 79.6 cm³/mol. The quantitative estimate of drug-likeness (QED) is 0.692.